The van der Waals surface area contributed by atoms with Gasteiger partial charge in [-0.1, -0.05) is 0 Å². The van der Waals surface area contributed by atoms with Gasteiger partial charge in [-0.2, -0.15) is 0 Å². The van der Waals surface area contributed by atoms with Crippen molar-refractivity contribution in [1.82, 2.24) is 15.1 Å². The molecule has 1 aromatic heterocycles. The second-order valence-corrected chi connectivity index (χ2v) is 9.81. The summed E-state index contributed by atoms with van der Waals surface area (Å²) in [5, 5.41) is 2.90. The largest absolute Gasteiger partial charge is 0.467 e. The first-order valence-electron chi connectivity index (χ1n) is 9.90. The zero-order chi connectivity index (χ0) is 20.1. The molecule has 0 saturated carbocycles. The number of piperidine rings is 1. The molecule has 2 fully saturated rings. The Morgan fingerprint density at radius 3 is 2.61 bits per heavy atom. The maximum absolute atomic E-state index is 12.7. The number of carbonyl (C=O) groups is 2. The molecular formula is C19H29N3O5S. The van der Waals surface area contributed by atoms with E-state index in [1.165, 1.54) is 0 Å². The number of hydrogen-bond acceptors (Lipinski definition) is 6. The molecular weight excluding hydrogens is 382 g/mol. The van der Waals surface area contributed by atoms with E-state index in [4.69, 9.17) is 4.42 Å². The average molecular weight is 412 g/mol. The number of nitrogens with one attached hydrogen (secondary N) is 1. The van der Waals surface area contributed by atoms with Crippen molar-refractivity contribution >= 4 is 21.7 Å². The molecule has 28 heavy (non-hydrogen) atoms. The van der Waals surface area contributed by atoms with E-state index in [0.29, 0.717) is 45.4 Å². The standard InChI is InChI=1S/C19H29N3O5S/c1-2-22(16-7-11-28(25,26)14-16)18(23)13-21-8-5-15(6-9-21)19(24)20-12-17-4-3-10-27-17/h3-4,10,15-16H,2,5-9,11-14H2,1H3,(H,20,24). The Balaban J connectivity index is 1.43. The summed E-state index contributed by atoms with van der Waals surface area (Å²) < 4.78 is 28.6. The number of furan rings is 1. The quantitative estimate of drug-likeness (QED) is 0.707. The molecule has 0 aromatic carbocycles. The molecule has 0 aliphatic carbocycles. The van der Waals surface area contributed by atoms with Crippen LogP contribution in [0.2, 0.25) is 0 Å². The van der Waals surface area contributed by atoms with Gasteiger partial charge in [0.2, 0.25) is 11.8 Å². The van der Waals surface area contributed by atoms with Crippen molar-refractivity contribution in [3.05, 3.63) is 24.2 Å². The molecule has 3 heterocycles. The molecule has 0 bridgehead atoms. The molecule has 0 radical (unpaired) electrons. The zero-order valence-electron chi connectivity index (χ0n) is 16.3. The SMILES string of the molecule is CCN(C(=O)CN1CCC(C(=O)NCc2ccco2)CC1)C1CCS(=O)(=O)C1. The minimum atomic E-state index is -3.01. The van der Waals surface area contributed by atoms with Crippen LogP contribution in [0.4, 0.5) is 0 Å². The molecule has 2 amide bonds. The highest BCUT2D eigenvalue weighted by atomic mass is 32.2. The third kappa shape index (κ3) is 5.35. The first-order chi connectivity index (χ1) is 13.4. The lowest BCUT2D eigenvalue weighted by molar-refractivity contribution is -0.134. The van der Waals surface area contributed by atoms with Crippen LogP contribution < -0.4 is 5.32 Å². The molecule has 1 unspecified atom stereocenters. The number of sulfone groups is 1. The van der Waals surface area contributed by atoms with Crippen LogP contribution in [0, 0.1) is 5.92 Å². The summed E-state index contributed by atoms with van der Waals surface area (Å²) in [7, 11) is -3.01. The topological polar surface area (TPSA) is 99.9 Å². The summed E-state index contributed by atoms with van der Waals surface area (Å²) in [6.45, 7) is 4.45. The fraction of sp³-hybridized carbons (Fsp3) is 0.684. The van der Waals surface area contributed by atoms with Crippen LogP contribution in [0.5, 0.6) is 0 Å². The molecule has 1 aromatic rings. The molecule has 8 nitrogen and oxygen atoms in total. The van der Waals surface area contributed by atoms with E-state index in [0.717, 1.165) is 5.76 Å². The predicted octanol–water partition coefficient (Wildman–Crippen LogP) is 0.643. The van der Waals surface area contributed by atoms with Crippen LogP contribution in [0.15, 0.2) is 22.8 Å². The van der Waals surface area contributed by atoms with Crippen LogP contribution in [0.25, 0.3) is 0 Å². The number of amides is 2. The van der Waals surface area contributed by atoms with Gasteiger partial charge in [-0.05, 0) is 51.4 Å². The lowest BCUT2D eigenvalue weighted by atomic mass is 9.96. The van der Waals surface area contributed by atoms with E-state index >= 15 is 0 Å². The summed E-state index contributed by atoms with van der Waals surface area (Å²) in [5.74, 6) is 0.914. The van der Waals surface area contributed by atoms with E-state index in [1.807, 2.05) is 13.0 Å². The third-order valence-corrected chi connectivity index (χ3v) is 7.39. The molecule has 0 spiro atoms. The average Bonchev–Trinajstić information content (AvgIpc) is 3.30. The van der Waals surface area contributed by atoms with Gasteiger partial charge < -0.3 is 14.6 Å². The highest BCUT2D eigenvalue weighted by molar-refractivity contribution is 7.91. The van der Waals surface area contributed by atoms with E-state index in [2.05, 4.69) is 10.2 Å². The second-order valence-electron chi connectivity index (χ2n) is 7.58. The number of likely N-dealkylation sites (N-methyl/N-ethyl adjacent to an activating group) is 1. The van der Waals surface area contributed by atoms with Crippen LogP contribution in [-0.4, -0.2) is 73.8 Å². The minimum absolute atomic E-state index is 0.0220. The first-order valence-corrected chi connectivity index (χ1v) is 11.7. The third-order valence-electron chi connectivity index (χ3n) is 5.64. The number of rotatable bonds is 7. The monoisotopic (exact) mass is 411 g/mol. The lowest BCUT2D eigenvalue weighted by Crippen LogP contribution is -2.48. The maximum Gasteiger partial charge on any atom is 0.237 e. The zero-order valence-corrected chi connectivity index (χ0v) is 17.1. The Hall–Kier alpha value is -1.87. The smallest absolute Gasteiger partial charge is 0.237 e. The minimum Gasteiger partial charge on any atom is -0.467 e. The number of carbonyl (C=O) groups excluding carboxylic acids is 2. The van der Waals surface area contributed by atoms with Crippen molar-refractivity contribution in [2.24, 2.45) is 5.92 Å². The highest BCUT2D eigenvalue weighted by Gasteiger charge is 2.35. The molecule has 1 N–H and O–H groups in total. The maximum atomic E-state index is 12.7. The van der Waals surface area contributed by atoms with Crippen LogP contribution >= 0.6 is 0 Å². The Morgan fingerprint density at radius 2 is 2.04 bits per heavy atom. The van der Waals surface area contributed by atoms with E-state index in [9.17, 15) is 18.0 Å². The Morgan fingerprint density at radius 1 is 1.29 bits per heavy atom. The molecule has 3 rings (SSSR count). The van der Waals surface area contributed by atoms with Gasteiger partial charge in [-0.15, -0.1) is 0 Å². The number of likely N-dealkylation sites (tertiary alicyclic amines) is 1. The van der Waals surface area contributed by atoms with Gasteiger partial charge in [0.25, 0.3) is 0 Å². The molecule has 2 saturated heterocycles. The van der Waals surface area contributed by atoms with Crippen molar-refractivity contribution in [2.45, 2.75) is 38.8 Å². The molecule has 156 valence electrons. The number of hydrogen-bond donors (Lipinski definition) is 1. The van der Waals surface area contributed by atoms with Gasteiger partial charge in [0.15, 0.2) is 9.84 Å². The van der Waals surface area contributed by atoms with Crippen molar-refractivity contribution in [1.29, 1.82) is 0 Å². The van der Waals surface area contributed by atoms with Gasteiger partial charge in [-0.3, -0.25) is 14.5 Å². The van der Waals surface area contributed by atoms with Crippen LogP contribution in [0.3, 0.4) is 0 Å². The summed E-state index contributed by atoms with van der Waals surface area (Å²) in [5.41, 5.74) is 0. The van der Waals surface area contributed by atoms with Gasteiger partial charge in [0.05, 0.1) is 30.9 Å². The first kappa shape index (κ1) is 20.9. The Kier molecular flexibility index (Phi) is 6.77. The Bertz CT molecular complexity index is 769. The number of nitrogens with zero attached hydrogens (tertiary/aromatic N) is 2. The van der Waals surface area contributed by atoms with Crippen molar-refractivity contribution in [3.8, 4) is 0 Å². The van der Waals surface area contributed by atoms with Gasteiger partial charge >= 0.3 is 0 Å². The lowest BCUT2D eigenvalue weighted by Gasteiger charge is -2.34. The second kappa shape index (κ2) is 9.09. The van der Waals surface area contributed by atoms with Crippen LogP contribution in [0.1, 0.15) is 31.9 Å². The molecule has 2 aliphatic rings. The fourth-order valence-corrected chi connectivity index (χ4v) is 5.76. The summed E-state index contributed by atoms with van der Waals surface area (Å²) in [4.78, 5) is 28.8. The molecule has 2 aliphatic heterocycles. The van der Waals surface area contributed by atoms with Crippen molar-refractivity contribution in [2.75, 3.05) is 37.7 Å². The predicted molar refractivity (Wildman–Crippen MR) is 104 cm³/mol. The fourth-order valence-electron chi connectivity index (χ4n) is 4.03. The van der Waals surface area contributed by atoms with Crippen molar-refractivity contribution < 1.29 is 22.4 Å². The molecule has 9 heteroatoms. The highest BCUT2D eigenvalue weighted by Crippen LogP contribution is 2.20. The summed E-state index contributed by atoms with van der Waals surface area (Å²) >= 11 is 0. The Labute approximate surface area is 166 Å². The van der Waals surface area contributed by atoms with E-state index in [-0.39, 0.29) is 41.8 Å². The van der Waals surface area contributed by atoms with Gasteiger partial charge in [-0.25, -0.2) is 8.42 Å². The van der Waals surface area contributed by atoms with E-state index < -0.39 is 9.84 Å². The van der Waals surface area contributed by atoms with Gasteiger partial charge in [0, 0.05) is 18.5 Å². The van der Waals surface area contributed by atoms with E-state index in [1.54, 1.807) is 17.2 Å². The summed E-state index contributed by atoms with van der Waals surface area (Å²) in [6.07, 6.45) is 3.53. The van der Waals surface area contributed by atoms with Gasteiger partial charge in [0.1, 0.15) is 5.76 Å². The molecule has 1 atom stereocenters. The summed E-state index contributed by atoms with van der Waals surface area (Å²) in [6, 6.07) is 3.41. The normalized spacial score (nSPS) is 22.8. The van der Waals surface area contributed by atoms with Crippen LogP contribution in [-0.2, 0) is 26.0 Å². The van der Waals surface area contributed by atoms with Crippen molar-refractivity contribution in [3.63, 3.8) is 0 Å².